The summed E-state index contributed by atoms with van der Waals surface area (Å²) in [4.78, 5) is 20.7. The van der Waals surface area contributed by atoms with Gasteiger partial charge in [0.15, 0.2) is 5.78 Å². The molecule has 0 unspecified atom stereocenters. The highest BCUT2D eigenvalue weighted by atomic mass is 16.1. The normalized spacial score (nSPS) is 10.6. The predicted molar refractivity (Wildman–Crippen MR) is 78.6 cm³/mol. The summed E-state index contributed by atoms with van der Waals surface area (Å²) in [5, 5.41) is 1.96. The minimum Gasteiger partial charge on any atom is -0.294 e. The maximum absolute atomic E-state index is 12.4. The quantitative estimate of drug-likeness (QED) is 0.676. The molecule has 0 atom stereocenters. The second kappa shape index (κ2) is 5.61. The molecule has 0 fully saturated rings. The molecule has 3 aromatic rings. The predicted octanol–water partition coefficient (Wildman–Crippen LogP) is 3.45. The molecule has 2 aromatic heterocycles. The fraction of sp³-hybridized carbons (Fsp3) is 0.118. The van der Waals surface area contributed by atoms with E-state index in [1.807, 2.05) is 42.5 Å². The van der Waals surface area contributed by atoms with E-state index in [2.05, 4.69) is 9.97 Å². The maximum atomic E-state index is 12.4. The molecule has 0 amide bonds. The standard InChI is InChI=1S/C17H14N2O/c20-17(8-7-14-5-1-2-10-19-14)15-6-3-4-13-9-11-18-12-16(13)15/h1-6,9-12H,7-8H2. The lowest BCUT2D eigenvalue weighted by Gasteiger charge is -2.05. The number of carbonyl (C=O) groups excluding carboxylic acids is 1. The van der Waals surface area contributed by atoms with Gasteiger partial charge in [-0.3, -0.25) is 14.8 Å². The molecule has 3 nitrogen and oxygen atoms in total. The summed E-state index contributed by atoms with van der Waals surface area (Å²) in [6.45, 7) is 0. The molecule has 0 saturated carbocycles. The van der Waals surface area contributed by atoms with Gasteiger partial charge in [0.2, 0.25) is 0 Å². The van der Waals surface area contributed by atoms with Gasteiger partial charge in [-0.2, -0.15) is 0 Å². The molecule has 1 aromatic carbocycles. The third kappa shape index (κ3) is 2.57. The van der Waals surface area contributed by atoms with Crippen molar-refractivity contribution >= 4 is 16.6 Å². The number of aromatic nitrogens is 2. The lowest BCUT2D eigenvalue weighted by molar-refractivity contribution is 0.0984. The van der Waals surface area contributed by atoms with Crippen LogP contribution < -0.4 is 0 Å². The van der Waals surface area contributed by atoms with Crippen LogP contribution in [0.2, 0.25) is 0 Å². The summed E-state index contributed by atoms with van der Waals surface area (Å²) < 4.78 is 0. The summed E-state index contributed by atoms with van der Waals surface area (Å²) in [6, 6.07) is 13.5. The molecule has 0 radical (unpaired) electrons. The molecule has 0 aliphatic carbocycles. The number of pyridine rings is 2. The fourth-order valence-electron chi connectivity index (χ4n) is 2.28. The van der Waals surface area contributed by atoms with E-state index in [4.69, 9.17) is 0 Å². The number of ketones is 1. The molecule has 2 heterocycles. The molecule has 0 aliphatic heterocycles. The van der Waals surface area contributed by atoms with Crippen LogP contribution in [-0.4, -0.2) is 15.8 Å². The van der Waals surface area contributed by atoms with Gasteiger partial charge in [-0.15, -0.1) is 0 Å². The third-order valence-electron chi connectivity index (χ3n) is 3.32. The van der Waals surface area contributed by atoms with Crippen molar-refractivity contribution in [2.75, 3.05) is 0 Å². The average Bonchev–Trinajstić information content (AvgIpc) is 2.53. The fourth-order valence-corrected chi connectivity index (χ4v) is 2.28. The van der Waals surface area contributed by atoms with Gasteiger partial charge in [0, 0.05) is 41.7 Å². The van der Waals surface area contributed by atoms with Crippen molar-refractivity contribution in [1.29, 1.82) is 0 Å². The first-order valence-electron chi connectivity index (χ1n) is 6.60. The molecule has 0 N–H and O–H groups in total. The van der Waals surface area contributed by atoms with Gasteiger partial charge in [-0.1, -0.05) is 24.3 Å². The molecule has 0 aliphatic rings. The first kappa shape index (κ1) is 12.5. The SMILES string of the molecule is O=C(CCc1ccccn1)c1cccc2ccncc12. The summed E-state index contributed by atoms with van der Waals surface area (Å²) in [6.07, 6.45) is 6.37. The van der Waals surface area contributed by atoms with Crippen LogP contribution in [0.3, 0.4) is 0 Å². The lowest BCUT2D eigenvalue weighted by Crippen LogP contribution is -2.03. The van der Waals surface area contributed by atoms with Gasteiger partial charge in [-0.25, -0.2) is 0 Å². The number of aryl methyl sites for hydroxylation is 1. The second-order valence-corrected chi connectivity index (χ2v) is 4.65. The van der Waals surface area contributed by atoms with E-state index in [0.717, 1.165) is 22.0 Å². The first-order valence-corrected chi connectivity index (χ1v) is 6.60. The smallest absolute Gasteiger partial charge is 0.163 e. The zero-order valence-electron chi connectivity index (χ0n) is 11.0. The second-order valence-electron chi connectivity index (χ2n) is 4.65. The highest BCUT2D eigenvalue weighted by molar-refractivity contribution is 6.07. The van der Waals surface area contributed by atoms with E-state index < -0.39 is 0 Å². The van der Waals surface area contributed by atoms with E-state index in [9.17, 15) is 4.79 Å². The molecule has 3 rings (SSSR count). The number of Topliss-reactive ketones (excluding diaryl/α,β-unsaturated/α-hetero) is 1. The number of rotatable bonds is 4. The molecule has 0 spiro atoms. The Kier molecular flexibility index (Phi) is 3.50. The topological polar surface area (TPSA) is 42.9 Å². The zero-order valence-corrected chi connectivity index (χ0v) is 11.0. The van der Waals surface area contributed by atoms with Crippen LogP contribution in [0.25, 0.3) is 10.8 Å². The van der Waals surface area contributed by atoms with Gasteiger partial charge in [0.1, 0.15) is 0 Å². The first-order chi connectivity index (χ1) is 9.84. The Morgan fingerprint density at radius 1 is 1.00 bits per heavy atom. The highest BCUT2D eigenvalue weighted by Crippen LogP contribution is 2.19. The van der Waals surface area contributed by atoms with Crippen LogP contribution in [0.15, 0.2) is 61.1 Å². The van der Waals surface area contributed by atoms with Gasteiger partial charge < -0.3 is 0 Å². The van der Waals surface area contributed by atoms with E-state index in [-0.39, 0.29) is 5.78 Å². The highest BCUT2D eigenvalue weighted by Gasteiger charge is 2.10. The summed E-state index contributed by atoms with van der Waals surface area (Å²) in [5.74, 6) is 0.134. The van der Waals surface area contributed by atoms with Crippen LogP contribution in [0.5, 0.6) is 0 Å². The van der Waals surface area contributed by atoms with Crippen molar-refractivity contribution in [3.05, 3.63) is 72.3 Å². The number of hydrogen-bond donors (Lipinski definition) is 0. The largest absolute Gasteiger partial charge is 0.294 e. The van der Waals surface area contributed by atoms with Crippen molar-refractivity contribution in [3.8, 4) is 0 Å². The zero-order chi connectivity index (χ0) is 13.8. The Labute approximate surface area is 117 Å². The van der Waals surface area contributed by atoms with E-state index >= 15 is 0 Å². The van der Waals surface area contributed by atoms with Crippen molar-refractivity contribution in [1.82, 2.24) is 9.97 Å². The molecule has 3 heteroatoms. The Morgan fingerprint density at radius 3 is 2.80 bits per heavy atom. The Morgan fingerprint density at radius 2 is 1.95 bits per heavy atom. The number of carbonyl (C=O) groups is 1. The Bertz CT molecular complexity index is 733. The van der Waals surface area contributed by atoms with Crippen molar-refractivity contribution < 1.29 is 4.79 Å². The number of hydrogen-bond acceptors (Lipinski definition) is 3. The van der Waals surface area contributed by atoms with Crippen LogP contribution in [0.4, 0.5) is 0 Å². The lowest BCUT2D eigenvalue weighted by atomic mass is 10.00. The van der Waals surface area contributed by atoms with E-state index in [0.29, 0.717) is 12.8 Å². The third-order valence-corrected chi connectivity index (χ3v) is 3.32. The van der Waals surface area contributed by atoms with Gasteiger partial charge >= 0.3 is 0 Å². The number of nitrogens with zero attached hydrogens (tertiary/aromatic N) is 2. The van der Waals surface area contributed by atoms with Gasteiger partial charge in [-0.05, 0) is 30.0 Å². The number of benzene rings is 1. The molecule has 20 heavy (non-hydrogen) atoms. The van der Waals surface area contributed by atoms with Crippen LogP contribution >= 0.6 is 0 Å². The van der Waals surface area contributed by atoms with Crippen molar-refractivity contribution in [3.63, 3.8) is 0 Å². The van der Waals surface area contributed by atoms with Gasteiger partial charge in [0.05, 0.1) is 0 Å². The minimum absolute atomic E-state index is 0.134. The molecule has 0 saturated heterocycles. The van der Waals surface area contributed by atoms with E-state index in [1.54, 1.807) is 18.6 Å². The molecule has 0 bridgehead atoms. The van der Waals surface area contributed by atoms with Crippen LogP contribution in [0, 0.1) is 0 Å². The molecular weight excluding hydrogens is 248 g/mol. The Hall–Kier alpha value is -2.55. The summed E-state index contributed by atoms with van der Waals surface area (Å²) >= 11 is 0. The van der Waals surface area contributed by atoms with E-state index in [1.165, 1.54) is 0 Å². The molecule has 98 valence electrons. The van der Waals surface area contributed by atoms with Gasteiger partial charge in [0.25, 0.3) is 0 Å². The minimum atomic E-state index is 0.134. The Balaban J connectivity index is 1.82. The molecular formula is C17H14N2O. The number of fused-ring (bicyclic) bond motifs is 1. The average molecular weight is 262 g/mol. The summed E-state index contributed by atoms with van der Waals surface area (Å²) in [5.41, 5.74) is 1.69. The monoisotopic (exact) mass is 262 g/mol. The maximum Gasteiger partial charge on any atom is 0.163 e. The summed E-state index contributed by atoms with van der Waals surface area (Å²) in [7, 11) is 0. The van der Waals surface area contributed by atoms with Crippen LogP contribution in [-0.2, 0) is 6.42 Å². The van der Waals surface area contributed by atoms with Crippen LogP contribution in [0.1, 0.15) is 22.5 Å². The van der Waals surface area contributed by atoms with Crippen molar-refractivity contribution in [2.45, 2.75) is 12.8 Å². The van der Waals surface area contributed by atoms with Crippen molar-refractivity contribution in [2.24, 2.45) is 0 Å².